The molecule has 2 aromatic carbocycles. The van der Waals surface area contributed by atoms with E-state index in [1.165, 1.54) is 35.4 Å². The number of hydrogen-bond acceptors (Lipinski definition) is 3. The van der Waals surface area contributed by atoms with Gasteiger partial charge in [0, 0.05) is 5.56 Å². The first-order chi connectivity index (χ1) is 13.4. The lowest BCUT2D eigenvalue weighted by Gasteiger charge is -2.22. The molecule has 0 aromatic heterocycles. The minimum Gasteiger partial charge on any atom is -0.319 e. The summed E-state index contributed by atoms with van der Waals surface area (Å²) in [7, 11) is 0. The lowest BCUT2D eigenvalue weighted by atomic mass is 9.89. The number of halogens is 1. The zero-order chi connectivity index (χ0) is 19.9. The Kier molecular flexibility index (Phi) is 4.49. The van der Waals surface area contributed by atoms with Crippen LogP contribution in [0.5, 0.6) is 0 Å². The van der Waals surface area contributed by atoms with Crippen LogP contribution in [0.4, 0.5) is 9.18 Å². The van der Waals surface area contributed by atoms with Gasteiger partial charge in [0.1, 0.15) is 11.4 Å². The highest BCUT2D eigenvalue weighted by Crippen LogP contribution is 2.29. The van der Waals surface area contributed by atoms with Crippen LogP contribution in [0, 0.1) is 5.82 Å². The highest BCUT2D eigenvalue weighted by atomic mass is 19.1. The molecule has 5 nitrogen and oxygen atoms in total. The zero-order valence-electron chi connectivity index (χ0n) is 15.6. The van der Waals surface area contributed by atoms with Crippen molar-refractivity contribution in [3.63, 3.8) is 0 Å². The number of benzene rings is 2. The van der Waals surface area contributed by atoms with E-state index < -0.39 is 23.3 Å². The van der Waals surface area contributed by atoms with Crippen LogP contribution in [0.15, 0.2) is 42.5 Å². The number of fused-ring (bicyclic) bond motifs is 1. The van der Waals surface area contributed by atoms with Crippen LogP contribution in [0.2, 0.25) is 0 Å². The molecule has 144 valence electrons. The van der Waals surface area contributed by atoms with Crippen LogP contribution in [-0.4, -0.2) is 29.2 Å². The highest BCUT2D eigenvalue weighted by Gasteiger charge is 2.49. The van der Waals surface area contributed by atoms with E-state index in [-0.39, 0.29) is 12.3 Å². The molecule has 28 heavy (non-hydrogen) atoms. The van der Waals surface area contributed by atoms with Gasteiger partial charge in [-0.2, -0.15) is 0 Å². The first-order valence-electron chi connectivity index (χ1n) is 9.43. The van der Waals surface area contributed by atoms with Crippen LogP contribution in [0.25, 0.3) is 0 Å². The number of Topliss-reactive ketones (excluding diaryl/α,β-unsaturated/α-hetero) is 1. The lowest BCUT2D eigenvalue weighted by molar-refractivity contribution is -0.130. The number of aryl methyl sites for hydroxylation is 2. The van der Waals surface area contributed by atoms with Gasteiger partial charge in [-0.1, -0.05) is 24.3 Å². The van der Waals surface area contributed by atoms with E-state index >= 15 is 0 Å². The number of imide groups is 1. The molecule has 0 radical (unpaired) electrons. The van der Waals surface area contributed by atoms with E-state index in [2.05, 4.69) is 5.32 Å². The minimum absolute atomic E-state index is 0.278. The Labute approximate surface area is 162 Å². The predicted octanol–water partition coefficient (Wildman–Crippen LogP) is 3.35. The molecule has 0 saturated carbocycles. The summed E-state index contributed by atoms with van der Waals surface area (Å²) in [6, 6.07) is 10.4. The maximum atomic E-state index is 13.2. The van der Waals surface area contributed by atoms with Crippen molar-refractivity contribution in [3.8, 4) is 0 Å². The van der Waals surface area contributed by atoms with Crippen LogP contribution < -0.4 is 5.32 Å². The number of nitrogens with zero attached hydrogens (tertiary/aromatic N) is 1. The van der Waals surface area contributed by atoms with Gasteiger partial charge in [0.25, 0.3) is 5.91 Å². The van der Waals surface area contributed by atoms with Crippen molar-refractivity contribution < 1.29 is 18.8 Å². The summed E-state index contributed by atoms with van der Waals surface area (Å²) < 4.78 is 13.2. The molecular weight excluding hydrogens is 359 g/mol. The maximum absolute atomic E-state index is 13.2. The third-order valence-electron chi connectivity index (χ3n) is 5.67. The number of carbonyl (C=O) groups is 3. The number of nitrogens with one attached hydrogen (secondary N) is 1. The Bertz CT molecular complexity index is 970. The Hall–Kier alpha value is -3.02. The molecular formula is C22H21FN2O3. The average Bonchev–Trinajstić information content (AvgIpc) is 2.92. The van der Waals surface area contributed by atoms with Crippen LogP contribution in [0.1, 0.15) is 46.8 Å². The largest absolute Gasteiger partial charge is 0.325 e. The Balaban J connectivity index is 1.55. The molecule has 1 heterocycles. The van der Waals surface area contributed by atoms with Crippen LogP contribution in [-0.2, 0) is 23.2 Å². The summed E-state index contributed by atoms with van der Waals surface area (Å²) >= 11 is 0. The summed E-state index contributed by atoms with van der Waals surface area (Å²) in [6.07, 6.45) is 4.23. The summed E-state index contributed by atoms with van der Waals surface area (Å²) in [5, 5.41) is 2.64. The third kappa shape index (κ3) is 3.09. The van der Waals surface area contributed by atoms with Crippen molar-refractivity contribution >= 4 is 17.7 Å². The van der Waals surface area contributed by atoms with E-state index in [0.717, 1.165) is 30.6 Å². The fourth-order valence-corrected chi connectivity index (χ4v) is 3.96. The molecule has 2 aromatic rings. The van der Waals surface area contributed by atoms with Crippen LogP contribution >= 0.6 is 0 Å². The maximum Gasteiger partial charge on any atom is 0.325 e. The summed E-state index contributed by atoms with van der Waals surface area (Å²) in [5.74, 6) is -1.22. The van der Waals surface area contributed by atoms with Crippen molar-refractivity contribution in [1.29, 1.82) is 0 Å². The van der Waals surface area contributed by atoms with E-state index in [0.29, 0.717) is 11.1 Å². The van der Waals surface area contributed by atoms with Gasteiger partial charge in [0.15, 0.2) is 5.78 Å². The number of ketones is 1. The summed E-state index contributed by atoms with van der Waals surface area (Å²) in [6.45, 7) is 1.24. The monoisotopic (exact) mass is 380 g/mol. The topological polar surface area (TPSA) is 66.5 Å². The zero-order valence-corrected chi connectivity index (χ0v) is 15.6. The lowest BCUT2D eigenvalue weighted by Crippen LogP contribution is -2.41. The quantitative estimate of drug-likeness (QED) is 0.653. The molecule has 4 rings (SSSR count). The van der Waals surface area contributed by atoms with Crippen LogP contribution in [0.3, 0.4) is 0 Å². The number of amides is 3. The second-order valence-corrected chi connectivity index (χ2v) is 7.57. The van der Waals surface area contributed by atoms with Crippen molar-refractivity contribution in [2.24, 2.45) is 0 Å². The Morgan fingerprint density at radius 3 is 2.46 bits per heavy atom. The van der Waals surface area contributed by atoms with Crippen molar-refractivity contribution in [2.45, 2.75) is 38.1 Å². The molecule has 0 bridgehead atoms. The molecule has 1 atom stereocenters. The first-order valence-corrected chi connectivity index (χ1v) is 9.43. The van der Waals surface area contributed by atoms with Crippen molar-refractivity contribution in [2.75, 3.05) is 6.54 Å². The van der Waals surface area contributed by atoms with E-state index in [1.807, 2.05) is 12.1 Å². The Morgan fingerprint density at radius 2 is 1.75 bits per heavy atom. The second-order valence-electron chi connectivity index (χ2n) is 7.57. The molecule has 1 aliphatic heterocycles. The summed E-state index contributed by atoms with van der Waals surface area (Å²) in [5.41, 5.74) is 2.10. The molecule has 2 aliphatic rings. The van der Waals surface area contributed by atoms with Gasteiger partial charge in [-0.25, -0.2) is 9.18 Å². The molecule has 1 N–H and O–H groups in total. The van der Waals surface area contributed by atoms with Gasteiger partial charge in [0.05, 0.1) is 6.54 Å². The predicted molar refractivity (Wildman–Crippen MR) is 101 cm³/mol. The molecule has 1 fully saturated rings. The van der Waals surface area contributed by atoms with Gasteiger partial charge in [-0.3, -0.25) is 14.5 Å². The summed E-state index contributed by atoms with van der Waals surface area (Å²) in [4.78, 5) is 39.0. The SMILES string of the molecule is CC1(c2ccc(F)cc2)NC(=O)N(CC(=O)c2ccc3c(c2)CCCC3)C1=O. The number of urea groups is 1. The van der Waals surface area contributed by atoms with Gasteiger partial charge in [-0.05, 0) is 67.5 Å². The van der Waals surface area contributed by atoms with E-state index in [9.17, 15) is 18.8 Å². The van der Waals surface area contributed by atoms with E-state index in [1.54, 1.807) is 13.0 Å². The normalized spacial score (nSPS) is 21.4. The molecule has 6 heteroatoms. The smallest absolute Gasteiger partial charge is 0.319 e. The van der Waals surface area contributed by atoms with Gasteiger partial charge >= 0.3 is 6.03 Å². The van der Waals surface area contributed by atoms with Gasteiger partial charge in [0.2, 0.25) is 0 Å². The van der Waals surface area contributed by atoms with Crippen molar-refractivity contribution in [1.82, 2.24) is 10.2 Å². The van der Waals surface area contributed by atoms with Gasteiger partial charge < -0.3 is 5.32 Å². The molecule has 3 amide bonds. The number of carbonyl (C=O) groups excluding carboxylic acids is 3. The average molecular weight is 380 g/mol. The van der Waals surface area contributed by atoms with Gasteiger partial charge in [-0.15, -0.1) is 0 Å². The molecule has 1 aliphatic carbocycles. The Morgan fingerprint density at radius 1 is 1.07 bits per heavy atom. The third-order valence-corrected chi connectivity index (χ3v) is 5.67. The second kappa shape index (κ2) is 6.86. The minimum atomic E-state index is -1.32. The molecule has 0 spiro atoms. The number of hydrogen-bond donors (Lipinski definition) is 1. The van der Waals surface area contributed by atoms with E-state index in [4.69, 9.17) is 0 Å². The first kappa shape index (κ1) is 18.3. The fraction of sp³-hybridized carbons (Fsp3) is 0.318. The molecule has 1 saturated heterocycles. The number of rotatable bonds is 4. The standard InChI is InChI=1S/C22H21FN2O3/c1-22(17-8-10-18(23)11-9-17)20(27)25(21(28)24-22)13-19(26)16-7-6-14-4-2-3-5-15(14)12-16/h6-12H,2-5,13H2,1H3,(H,24,28). The highest BCUT2D eigenvalue weighted by molar-refractivity contribution is 6.11. The van der Waals surface area contributed by atoms with Crippen molar-refractivity contribution in [3.05, 3.63) is 70.5 Å². The molecule has 1 unspecified atom stereocenters. The fourth-order valence-electron chi connectivity index (χ4n) is 3.96.